The summed E-state index contributed by atoms with van der Waals surface area (Å²) >= 11 is 0. The molecule has 1 aliphatic rings. The lowest BCUT2D eigenvalue weighted by molar-refractivity contribution is -0.118. The number of carbonyl (C=O) groups excluding carboxylic acids is 1. The zero-order chi connectivity index (χ0) is 19.3. The summed E-state index contributed by atoms with van der Waals surface area (Å²) in [7, 11) is -3.28. The first-order valence-corrected chi connectivity index (χ1v) is 11.1. The molecule has 1 saturated carbocycles. The molecule has 2 N–H and O–H groups in total. The van der Waals surface area contributed by atoms with Gasteiger partial charge in [-0.15, -0.1) is 0 Å². The van der Waals surface area contributed by atoms with Gasteiger partial charge >= 0.3 is 0 Å². The van der Waals surface area contributed by atoms with Gasteiger partial charge in [0.1, 0.15) is 0 Å². The molecule has 0 radical (unpaired) electrons. The molecule has 0 saturated heterocycles. The third kappa shape index (κ3) is 6.48. The molecule has 1 amide bonds. The summed E-state index contributed by atoms with van der Waals surface area (Å²) in [5, 5.41) is 3.18. The van der Waals surface area contributed by atoms with E-state index in [1.807, 2.05) is 0 Å². The molecule has 1 aromatic carbocycles. The van der Waals surface area contributed by atoms with E-state index in [9.17, 15) is 13.2 Å². The van der Waals surface area contributed by atoms with E-state index in [0.29, 0.717) is 23.4 Å². The van der Waals surface area contributed by atoms with Crippen LogP contribution in [0.2, 0.25) is 0 Å². The van der Waals surface area contributed by atoms with Crippen LogP contribution in [0.3, 0.4) is 0 Å². The number of hydrogen-bond donors (Lipinski definition) is 2. The zero-order valence-corrected chi connectivity index (χ0v) is 16.8. The maximum Gasteiger partial charge on any atom is 0.244 e. The lowest BCUT2D eigenvalue weighted by Crippen LogP contribution is -2.45. The van der Waals surface area contributed by atoms with Crippen LogP contribution in [0.1, 0.15) is 45.6 Å². The number of carbonyl (C=O) groups is 1. The summed E-state index contributed by atoms with van der Waals surface area (Å²) in [6, 6.07) is 7.14. The first kappa shape index (κ1) is 20.5. The number of benzene rings is 1. The third-order valence-corrected chi connectivity index (χ3v) is 5.60. The van der Waals surface area contributed by atoms with Gasteiger partial charge < -0.3 is 5.32 Å². The van der Waals surface area contributed by atoms with Crippen LogP contribution >= 0.6 is 0 Å². The monoisotopic (exact) mass is 378 g/mol. The molecular formula is C20H30N2O3S. The molecule has 144 valence electrons. The number of sulfonamides is 1. The molecule has 1 aromatic rings. The Hall–Kier alpha value is -1.82. The predicted octanol–water partition coefficient (Wildman–Crippen LogP) is 3.65. The van der Waals surface area contributed by atoms with Crippen LogP contribution in [0.25, 0.3) is 6.08 Å². The van der Waals surface area contributed by atoms with Gasteiger partial charge in [-0.1, -0.05) is 39.3 Å². The average molecular weight is 379 g/mol. The molecular weight excluding hydrogens is 348 g/mol. The molecule has 3 unspecified atom stereocenters. The van der Waals surface area contributed by atoms with E-state index < -0.39 is 10.0 Å². The average Bonchev–Trinajstić information content (AvgIpc) is 2.52. The molecule has 0 aliphatic heterocycles. The summed E-state index contributed by atoms with van der Waals surface area (Å²) in [5.74, 6) is 1.67. The van der Waals surface area contributed by atoms with E-state index in [1.54, 1.807) is 36.4 Å². The summed E-state index contributed by atoms with van der Waals surface area (Å²) in [6.45, 7) is 6.70. The topological polar surface area (TPSA) is 75.3 Å². The fourth-order valence-corrected chi connectivity index (χ4v) is 4.21. The molecule has 26 heavy (non-hydrogen) atoms. The van der Waals surface area contributed by atoms with E-state index in [4.69, 9.17) is 0 Å². The van der Waals surface area contributed by atoms with Gasteiger partial charge in [0.15, 0.2) is 0 Å². The van der Waals surface area contributed by atoms with Gasteiger partial charge in [-0.25, -0.2) is 8.42 Å². The van der Waals surface area contributed by atoms with Crippen LogP contribution in [0, 0.1) is 17.8 Å². The molecule has 0 heterocycles. The van der Waals surface area contributed by atoms with Gasteiger partial charge in [0.2, 0.25) is 15.9 Å². The van der Waals surface area contributed by atoms with Crippen molar-refractivity contribution in [1.82, 2.24) is 5.32 Å². The van der Waals surface area contributed by atoms with Crippen molar-refractivity contribution in [2.45, 2.75) is 46.1 Å². The molecule has 0 bridgehead atoms. The SMILES string of the molecule is CC1CCC(C(C)C)C(NC(=O)/C=C/c2ccc(NS(C)(=O)=O)cc2)C1. The largest absolute Gasteiger partial charge is 0.350 e. The van der Waals surface area contributed by atoms with E-state index in [2.05, 4.69) is 30.8 Å². The number of hydrogen-bond acceptors (Lipinski definition) is 3. The number of rotatable bonds is 6. The highest BCUT2D eigenvalue weighted by Crippen LogP contribution is 2.33. The Balaban J connectivity index is 1.95. The fourth-order valence-electron chi connectivity index (χ4n) is 3.65. The fraction of sp³-hybridized carbons (Fsp3) is 0.550. The first-order valence-electron chi connectivity index (χ1n) is 9.20. The summed E-state index contributed by atoms with van der Waals surface area (Å²) in [4.78, 5) is 12.3. The van der Waals surface area contributed by atoms with Gasteiger partial charge in [0.25, 0.3) is 0 Å². The van der Waals surface area contributed by atoms with Crippen molar-refractivity contribution < 1.29 is 13.2 Å². The van der Waals surface area contributed by atoms with Crippen molar-refractivity contribution >= 4 is 27.7 Å². The van der Waals surface area contributed by atoms with Gasteiger partial charge in [-0.2, -0.15) is 0 Å². The normalized spacial score (nSPS) is 24.0. The minimum atomic E-state index is -3.28. The van der Waals surface area contributed by atoms with Crippen LogP contribution in [-0.4, -0.2) is 26.6 Å². The van der Waals surface area contributed by atoms with E-state index in [-0.39, 0.29) is 11.9 Å². The van der Waals surface area contributed by atoms with Crippen LogP contribution in [-0.2, 0) is 14.8 Å². The second kappa shape index (κ2) is 8.71. The van der Waals surface area contributed by atoms with Gasteiger partial charge in [0, 0.05) is 17.8 Å². The second-order valence-electron chi connectivity index (χ2n) is 7.77. The minimum absolute atomic E-state index is 0.0758. The van der Waals surface area contributed by atoms with Crippen LogP contribution in [0.5, 0.6) is 0 Å². The Morgan fingerprint density at radius 2 is 1.85 bits per heavy atom. The molecule has 5 nitrogen and oxygen atoms in total. The molecule has 0 aromatic heterocycles. The smallest absolute Gasteiger partial charge is 0.244 e. The minimum Gasteiger partial charge on any atom is -0.350 e. The first-order chi connectivity index (χ1) is 12.1. The summed E-state index contributed by atoms with van der Waals surface area (Å²) in [5.41, 5.74) is 1.35. The molecule has 1 aliphatic carbocycles. The highest BCUT2D eigenvalue weighted by molar-refractivity contribution is 7.92. The predicted molar refractivity (Wildman–Crippen MR) is 107 cm³/mol. The lowest BCUT2D eigenvalue weighted by Gasteiger charge is -2.37. The molecule has 3 atom stereocenters. The quantitative estimate of drug-likeness (QED) is 0.742. The lowest BCUT2D eigenvalue weighted by atomic mass is 9.74. The van der Waals surface area contributed by atoms with Crippen molar-refractivity contribution in [3.63, 3.8) is 0 Å². The molecule has 2 rings (SSSR count). The van der Waals surface area contributed by atoms with E-state index in [0.717, 1.165) is 18.2 Å². The highest BCUT2D eigenvalue weighted by atomic mass is 32.2. The van der Waals surface area contributed by atoms with Crippen molar-refractivity contribution in [3.05, 3.63) is 35.9 Å². The second-order valence-corrected chi connectivity index (χ2v) is 9.52. The van der Waals surface area contributed by atoms with Gasteiger partial charge in [-0.05, 0) is 54.4 Å². The molecule has 6 heteroatoms. The molecule has 0 spiro atoms. The van der Waals surface area contributed by atoms with E-state index in [1.165, 1.54) is 12.8 Å². The van der Waals surface area contributed by atoms with Gasteiger partial charge in [-0.3, -0.25) is 9.52 Å². The van der Waals surface area contributed by atoms with Gasteiger partial charge in [0.05, 0.1) is 6.26 Å². The maximum absolute atomic E-state index is 12.3. The van der Waals surface area contributed by atoms with Crippen LogP contribution < -0.4 is 10.0 Å². The van der Waals surface area contributed by atoms with Crippen LogP contribution in [0.15, 0.2) is 30.3 Å². The van der Waals surface area contributed by atoms with Crippen molar-refractivity contribution in [2.24, 2.45) is 17.8 Å². The summed E-state index contributed by atoms with van der Waals surface area (Å²) < 4.78 is 24.8. The Bertz CT molecular complexity index is 739. The highest BCUT2D eigenvalue weighted by Gasteiger charge is 2.31. The zero-order valence-electron chi connectivity index (χ0n) is 16.0. The Labute approximate surface area is 157 Å². The maximum atomic E-state index is 12.3. The van der Waals surface area contributed by atoms with E-state index >= 15 is 0 Å². The number of amides is 1. The van der Waals surface area contributed by atoms with Crippen LogP contribution in [0.4, 0.5) is 5.69 Å². The van der Waals surface area contributed by atoms with Crippen molar-refractivity contribution in [3.8, 4) is 0 Å². The third-order valence-electron chi connectivity index (χ3n) is 4.99. The Morgan fingerprint density at radius 3 is 2.42 bits per heavy atom. The number of nitrogens with one attached hydrogen (secondary N) is 2. The molecule has 1 fully saturated rings. The number of anilines is 1. The Morgan fingerprint density at radius 1 is 1.19 bits per heavy atom. The summed E-state index contributed by atoms with van der Waals surface area (Å²) in [6.07, 6.45) is 7.85. The Kier molecular flexibility index (Phi) is 6.87. The standard InChI is InChI=1S/C20H30N2O3S/c1-14(2)18-11-5-15(3)13-19(18)21-20(23)12-8-16-6-9-17(10-7-16)22-26(4,24)25/h6-10,12,14-15,18-19,22H,5,11,13H2,1-4H3,(H,21,23)/b12-8+. The van der Waals surface area contributed by atoms with Crippen molar-refractivity contribution in [1.29, 1.82) is 0 Å². The van der Waals surface area contributed by atoms with Crippen molar-refractivity contribution in [2.75, 3.05) is 11.0 Å².